The minimum atomic E-state index is -0.0468. The average molecular weight is 313 g/mol. The molecule has 21 heavy (non-hydrogen) atoms. The van der Waals surface area contributed by atoms with E-state index < -0.39 is 0 Å². The molecule has 0 aromatic heterocycles. The molecule has 0 saturated heterocycles. The third-order valence-electron chi connectivity index (χ3n) is 3.59. The molecular formula is C17H32N2OS. The Morgan fingerprint density at radius 2 is 1.62 bits per heavy atom. The molecule has 0 amide bonds. The van der Waals surface area contributed by atoms with Crippen LogP contribution in [-0.2, 0) is 5.41 Å². The van der Waals surface area contributed by atoms with E-state index in [9.17, 15) is 4.79 Å². The fourth-order valence-electron chi connectivity index (χ4n) is 2.29. The topological polar surface area (TPSA) is 23.6 Å². The van der Waals surface area contributed by atoms with E-state index in [0.29, 0.717) is 4.51 Å². The van der Waals surface area contributed by atoms with Gasteiger partial charge in [-0.2, -0.15) is 0 Å². The largest absolute Gasteiger partial charge is 0.371 e. The Hall–Kier alpha value is -0.740. The molecule has 0 aliphatic carbocycles. The molecule has 0 heterocycles. The molecule has 0 spiro atoms. The van der Waals surface area contributed by atoms with Gasteiger partial charge in [0.15, 0.2) is 0 Å². The molecule has 3 nitrogen and oxygen atoms in total. The van der Waals surface area contributed by atoms with E-state index in [0.717, 1.165) is 37.3 Å². The third-order valence-corrected chi connectivity index (χ3v) is 3.98. The van der Waals surface area contributed by atoms with E-state index in [2.05, 4.69) is 44.5 Å². The van der Waals surface area contributed by atoms with Crippen molar-refractivity contribution in [3.63, 3.8) is 0 Å². The molecule has 0 atom stereocenters. The van der Waals surface area contributed by atoms with Gasteiger partial charge in [0.25, 0.3) is 0 Å². The van der Waals surface area contributed by atoms with E-state index in [1.165, 1.54) is 0 Å². The molecule has 0 N–H and O–H groups in total. The first-order valence-electron chi connectivity index (χ1n) is 7.93. The highest BCUT2D eigenvalue weighted by Crippen LogP contribution is 2.32. The van der Waals surface area contributed by atoms with Crippen molar-refractivity contribution in [2.45, 2.75) is 53.4 Å². The van der Waals surface area contributed by atoms with Gasteiger partial charge in [0, 0.05) is 19.2 Å². The maximum atomic E-state index is 12.0. The molecule has 0 aliphatic rings. The Morgan fingerprint density at radius 3 is 2.05 bits per heavy atom. The van der Waals surface area contributed by atoms with Gasteiger partial charge < -0.3 is 9.80 Å². The standard InChI is InChI=1S/C15H26N2OS.C2H6/c1-7-16(5)9-8-10-17(6)12-11(15(2,3)4)14(19)13(12)18;1-2/h7-10H2,1-6H3;1-2H3. The second-order valence-electron chi connectivity index (χ2n) is 6.30. The summed E-state index contributed by atoms with van der Waals surface area (Å²) in [7, 11) is 4.11. The van der Waals surface area contributed by atoms with Crippen molar-refractivity contribution in [2.24, 2.45) is 0 Å². The normalized spacial score (nSPS) is 11.5. The number of hydrogen-bond donors (Lipinski definition) is 0. The lowest BCUT2D eigenvalue weighted by atomic mass is 9.82. The van der Waals surface area contributed by atoms with E-state index in [1.807, 2.05) is 20.9 Å². The molecule has 1 rings (SSSR count). The van der Waals surface area contributed by atoms with Crippen LogP contribution >= 0.6 is 12.2 Å². The molecule has 0 aliphatic heterocycles. The van der Waals surface area contributed by atoms with Crippen LogP contribution in [0, 0.1) is 4.51 Å². The predicted molar refractivity (Wildman–Crippen MR) is 97.0 cm³/mol. The fourth-order valence-corrected chi connectivity index (χ4v) is 2.79. The summed E-state index contributed by atoms with van der Waals surface area (Å²) in [6, 6.07) is 0. The van der Waals surface area contributed by atoms with Crippen molar-refractivity contribution >= 4 is 17.9 Å². The van der Waals surface area contributed by atoms with Crippen molar-refractivity contribution in [3.05, 3.63) is 20.3 Å². The van der Waals surface area contributed by atoms with Gasteiger partial charge in [-0.25, -0.2) is 0 Å². The molecular weight excluding hydrogens is 280 g/mol. The van der Waals surface area contributed by atoms with Gasteiger partial charge in [-0.3, -0.25) is 4.79 Å². The van der Waals surface area contributed by atoms with Gasteiger partial charge in [0.1, 0.15) is 0 Å². The molecule has 1 aromatic carbocycles. The molecule has 0 unspecified atom stereocenters. The van der Waals surface area contributed by atoms with E-state index in [-0.39, 0.29) is 10.8 Å². The Bertz CT molecular complexity index is 495. The lowest BCUT2D eigenvalue weighted by Gasteiger charge is -2.31. The van der Waals surface area contributed by atoms with Gasteiger partial charge >= 0.3 is 0 Å². The zero-order valence-electron chi connectivity index (χ0n) is 15.0. The molecule has 1 aromatic rings. The summed E-state index contributed by atoms with van der Waals surface area (Å²) in [5.74, 6) is 0. The fraction of sp³-hybridized carbons (Fsp3) is 0.765. The molecule has 0 radical (unpaired) electrons. The van der Waals surface area contributed by atoms with Crippen molar-refractivity contribution in [3.8, 4) is 0 Å². The Morgan fingerprint density at radius 1 is 1.10 bits per heavy atom. The third kappa shape index (κ3) is 5.19. The smallest absolute Gasteiger partial charge is 0.220 e. The van der Waals surface area contributed by atoms with Gasteiger partial charge in [0.05, 0.1) is 10.2 Å². The summed E-state index contributed by atoms with van der Waals surface area (Å²) in [5, 5.41) is 0. The minimum Gasteiger partial charge on any atom is -0.371 e. The summed E-state index contributed by atoms with van der Waals surface area (Å²) in [6.07, 6.45) is 1.06. The van der Waals surface area contributed by atoms with Crippen LogP contribution in [0.4, 0.5) is 5.69 Å². The van der Waals surface area contributed by atoms with Crippen LogP contribution in [0.1, 0.15) is 53.5 Å². The molecule has 0 fully saturated rings. The van der Waals surface area contributed by atoms with Crippen molar-refractivity contribution in [2.75, 3.05) is 38.6 Å². The van der Waals surface area contributed by atoms with Crippen LogP contribution < -0.4 is 10.3 Å². The number of nitrogens with zero attached hydrogens (tertiary/aromatic N) is 2. The maximum absolute atomic E-state index is 12.0. The Balaban J connectivity index is 0.00000191. The van der Waals surface area contributed by atoms with Gasteiger partial charge in [-0.1, -0.05) is 53.8 Å². The minimum absolute atomic E-state index is 0.0468. The van der Waals surface area contributed by atoms with Crippen molar-refractivity contribution in [1.29, 1.82) is 0 Å². The second-order valence-corrected chi connectivity index (χ2v) is 6.71. The lowest BCUT2D eigenvalue weighted by Crippen LogP contribution is -2.36. The van der Waals surface area contributed by atoms with Gasteiger partial charge in [0.2, 0.25) is 5.43 Å². The predicted octanol–water partition coefficient (Wildman–Crippen LogP) is 3.75. The highest BCUT2D eigenvalue weighted by atomic mass is 32.1. The zero-order chi connectivity index (χ0) is 16.8. The number of anilines is 1. The first-order valence-corrected chi connectivity index (χ1v) is 8.34. The van der Waals surface area contributed by atoms with Crippen LogP contribution in [0.5, 0.6) is 0 Å². The lowest BCUT2D eigenvalue weighted by molar-refractivity contribution is 0.348. The van der Waals surface area contributed by atoms with Crippen molar-refractivity contribution in [1.82, 2.24) is 4.90 Å². The average Bonchev–Trinajstić information content (AvgIpc) is 2.43. The zero-order valence-corrected chi connectivity index (χ0v) is 15.9. The van der Waals surface area contributed by atoms with Gasteiger partial charge in [-0.15, -0.1) is 0 Å². The molecule has 4 heteroatoms. The number of rotatable bonds is 6. The SMILES string of the molecule is CC.CCN(C)CCCN(C)c1c(C(C)(C)C)c(=S)c1=O. The van der Waals surface area contributed by atoms with Crippen LogP contribution in [0.25, 0.3) is 0 Å². The quantitative estimate of drug-likeness (QED) is 0.746. The van der Waals surface area contributed by atoms with E-state index >= 15 is 0 Å². The molecule has 0 bridgehead atoms. The maximum Gasteiger partial charge on any atom is 0.220 e. The summed E-state index contributed by atoms with van der Waals surface area (Å²) in [4.78, 5) is 16.3. The van der Waals surface area contributed by atoms with Crippen molar-refractivity contribution < 1.29 is 0 Å². The first-order chi connectivity index (χ1) is 9.70. The summed E-state index contributed by atoms with van der Waals surface area (Å²) in [6.45, 7) is 15.5. The summed E-state index contributed by atoms with van der Waals surface area (Å²) >= 11 is 5.20. The summed E-state index contributed by atoms with van der Waals surface area (Å²) in [5.41, 5.74) is 1.89. The van der Waals surface area contributed by atoms with Crippen LogP contribution in [-0.4, -0.2) is 38.6 Å². The highest BCUT2D eigenvalue weighted by molar-refractivity contribution is 7.71. The van der Waals surface area contributed by atoms with Crippen LogP contribution in [0.15, 0.2) is 4.79 Å². The Kier molecular flexibility index (Phi) is 8.34. The first kappa shape index (κ1) is 20.3. The molecule has 0 saturated carbocycles. The Labute approximate surface area is 135 Å². The van der Waals surface area contributed by atoms with E-state index in [4.69, 9.17) is 12.2 Å². The number of hydrogen-bond acceptors (Lipinski definition) is 4. The monoisotopic (exact) mass is 312 g/mol. The van der Waals surface area contributed by atoms with Gasteiger partial charge in [-0.05, 0) is 32.0 Å². The second kappa shape index (κ2) is 8.64. The van der Waals surface area contributed by atoms with E-state index in [1.54, 1.807) is 0 Å². The summed E-state index contributed by atoms with van der Waals surface area (Å²) < 4.78 is 0.528. The van der Waals surface area contributed by atoms with Crippen LogP contribution in [0.3, 0.4) is 0 Å². The molecule has 122 valence electrons. The van der Waals surface area contributed by atoms with Crippen LogP contribution in [0.2, 0.25) is 0 Å². The highest BCUT2D eigenvalue weighted by Gasteiger charge is 2.29.